The lowest BCUT2D eigenvalue weighted by Crippen LogP contribution is -2.36. The summed E-state index contributed by atoms with van der Waals surface area (Å²) < 4.78 is 50.6. The fraction of sp³-hybridized carbons (Fsp3) is 0.455. The van der Waals surface area contributed by atoms with Crippen molar-refractivity contribution in [2.24, 2.45) is 5.73 Å². The van der Waals surface area contributed by atoms with Crippen LogP contribution in [0.25, 0.3) is 0 Å². The Balaban J connectivity index is 3.32. The molecule has 0 aliphatic carbocycles. The highest BCUT2D eigenvalue weighted by molar-refractivity contribution is 5.32. The molecular formula is C11H13F4NO. The minimum absolute atomic E-state index is 0.0369. The van der Waals surface area contributed by atoms with Crippen molar-refractivity contribution >= 4 is 0 Å². The SMILES string of the molecule is CC(CN)(CO)c1cc(F)cc(C(F)(F)F)c1. The molecule has 1 rings (SSSR count). The van der Waals surface area contributed by atoms with E-state index in [9.17, 15) is 17.6 Å². The van der Waals surface area contributed by atoms with Crippen molar-refractivity contribution in [1.29, 1.82) is 0 Å². The third-order valence-electron chi connectivity index (χ3n) is 2.72. The molecule has 0 spiro atoms. The molecule has 2 nitrogen and oxygen atoms in total. The minimum atomic E-state index is -4.62. The van der Waals surface area contributed by atoms with E-state index in [1.54, 1.807) is 0 Å². The first kappa shape index (κ1) is 13.9. The molecule has 0 saturated heterocycles. The average molecular weight is 251 g/mol. The zero-order valence-corrected chi connectivity index (χ0v) is 9.18. The summed E-state index contributed by atoms with van der Waals surface area (Å²) in [5.74, 6) is -0.997. The maximum Gasteiger partial charge on any atom is 0.416 e. The second kappa shape index (κ2) is 4.62. The minimum Gasteiger partial charge on any atom is -0.395 e. The molecule has 6 heteroatoms. The Bertz CT molecular complexity index is 399. The lowest BCUT2D eigenvalue weighted by molar-refractivity contribution is -0.137. The number of halogens is 4. The van der Waals surface area contributed by atoms with Crippen LogP contribution < -0.4 is 5.73 Å². The van der Waals surface area contributed by atoms with Gasteiger partial charge in [-0.25, -0.2) is 4.39 Å². The molecule has 0 heterocycles. The van der Waals surface area contributed by atoms with Crippen molar-refractivity contribution in [3.8, 4) is 0 Å². The smallest absolute Gasteiger partial charge is 0.395 e. The van der Waals surface area contributed by atoms with E-state index >= 15 is 0 Å². The fourth-order valence-electron chi connectivity index (χ4n) is 1.38. The predicted molar refractivity (Wildman–Crippen MR) is 54.9 cm³/mol. The van der Waals surface area contributed by atoms with Crippen LogP contribution >= 0.6 is 0 Å². The van der Waals surface area contributed by atoms with E-state index in [-0.39, 0.29) is 12.1 Å². The van der Waals surface area contributed by atoms with Crippen LogP contribution in [0.3, 0.4) is 0 Å². The highest BCUT2D eigenvalue weighted by atomic mass is 19.4. The number of rotatable bonds is 3. The standard InChI is InChI=1S/C11H13F4NO/c1-10(5-16,6-17)7-2-8(11(13,14)15)4-9(12)3-7/h2-4,17H,5-6,16H2,1H3. The summed E-state index contributed by atoms with van der Waals surface area (Å²) in [6.07, 6.45) is -4.62. The molecular weight excluding hydrogens is 238 g/mol. The Hall–Kier alpha value is -1.14. The molecule has 17 heavy (non-hydrogen) atoms. The van der Waals surface area contributed by atoms with Crippen LogP contribution in [-0.2, 0) is 11.6 Å². The quantitative estimate of drug-likeness (QED) is 0.808. The van der Waals surface area contributed by atoms with E-state index < -0.39 is 29.6 Å². The van der Waals surface area contributed by atoms with Crippen LogP contribution in [-0.4, -0.2) is 18.3 Å². The Morgan fingerprint density at radius 3 is 2.12 bits per heavy atom. The van der Waals surface area contributed by atoms with E-state index in [1.165, 1.54) is 6.92 Å². The van der Waals surface area contributed by atoms with Gasteiger partial charge in [-0.15, -0.1) is 0 Å². The van der Waals surface area contributed by atoms with Crippen LogP contribution in [0.5, 0.6) is 0 Å². The molecule has 0 amide bonds. The van der Waals surface area contributed by atoms with Crippen molar-refractivity contribution in [1.82, 2.24) is 0 Å². The van der Waals surface area contributed by atoms with Gasteiger partial charge in [0.25, 0.3) is 0 Å². The molecule has 1 aromatic rings. The molecule has 0 radical (unpaired) electrons. The third-order valence-corrected chi connectivity index (χ3v) is 2.72. The van der Waals surface area contributed by atoms with Crippen LogP contribution in [0.1, 0.15) is 18.1 Å². The lowest BCUT2D eigenvalue weighted by atomic mass is 9.82. The molecule has 0 saturated carbocycles. The maximum atomic E-state index is 13.1. The monoisotopic (exact) mass is 251 g/mol. The van der Waals surface area contributed by atoms with Gasteiger partial charge in [-0.1, -0.05) is 6.92 Å². The summed E-state index contributed by atoms with van der Waals surface area (Å²) >= 11 is 0. The number of hydrogen-bond acceptors (Lipinski definition) is 2. The van der Waals surface area contributed by atoms with E-state index in [1.807, 2.05) is 0 Å². The molecule has 0 aliphatic heterocycles. The van der Waals surface area contributed by atoms with Crippen LogP contribution in [0.4, 0.5) is 17.6 Å². The molecule has 0 bridgehead atoms. The molecule has 1 aromatic carbocycles. The zero-order chi connectivity index (χ0) is 13.3. The van der Waals surface area contributed by atoms with E-state index in [4.69, 9.17) is 10.8 Å². The second-order valence-corrected chi connectivity index (χ2v) is 4.15. The average Bonchev–Trinajstić information content (AvgIpc) is 2.26. The van der Waals surface area contributed by atoms with Crippen LogP contribution in [0.15, 0.2) is 18.2 Å². The van der Waals surface area contributed by atoms with Crippen molar-refractivity contribution in [3.05, 3.63) is 35.1 Å². The lowest BCUT2D eigenvalue weighted by Gasteiger charge is -2.26. The van der Waals surface area contributed by atoms with E-state index in [2.05, 4.69) is 0 Å². The summed E-state index contributed by atoms with van der Waals surface area (Å²) in [7, 11) is 0. The number of aliphatic hydroxyl groups is 1. The summed E-state index contributed by atoms with van der Waals surface area (Å²) in [5.41, 5.74) is 3.27. The normalized spacial score (nSPS) is 15.7. The predicted octanol–water partition coefficient (Wildman–Crippen LogP) is 2.05. The van der Waals surface area contributed by atoms with Crippen LogP contribution in [0, 0.1) is 5.82 Å². The molecule has 96 valence electrons. The van der Waals surface area contributed by atoms with Crippen LogP contribution in [0.2, 0.25) is 0 Å². The highest BCUT2D eigenvalue weighted by Gasteiger charge is 2.34. The Morgan fingerprint density at radius 2 is 1.71 bits per heavy atom. The topological polar surface area (TPSA) is 46.2 Å². The highest BCUT2D eigenvalue weighted by Crippen LogP contribution is 2.33. The van der Waals surface area contributed by atoms with Gasteiger partial charge in [0.1, 0.15) is 5.82 Å². The molecule has 0 aliphatic rings. The Kier molecular flexibility index (Phi) is 3.78. The molecule has 0 aromatic heterocycles. The number of alkyl halides is 3. The molecule has 1 atom stereocenters. The zero-order valence-electron chi connectivity index (χ0n) is 9.18. The molecule has 1 unspecified atom stereocenters. The number of benzene rings is 1. The fourth-order valence-corrected chi connectivity index (χ4v) is 1.38. The molecule has 3 N–H and O–H groups in total. The van der Waals surface area contributed by atoms with E-state index in [0.717, 1.165) is 12.1 Å². The summed E-state index contributed by atoms with van der Waals surface area (Å²) in [5, 5.41) is 9.14. The van der Waals surface area contributed by atoms with Gasteiger partial charge in [-0.05, 0) is 23.8 Å². The first-order valence-electron chi connectivity index (χ1n) is 4.92. The van der Waals surface area contributed by atoms with Crippen molar-refractivity contribution in [2.45, 2.75) is 18.5 Å². The largest absolute Gasteiger partial charge is 0.416 e. The van der Waals surface area contributed by atoms with Gasteiger partial charge in [0, 0.05) is 12.0 Å². The van der Waals surface area contributed by atoms with Crippen molar-refractivity contribution in [2.75, 3.05) is 13.2 Å². The summed E-state index contributed by atoms with van der Waals surface area (Å²) in [6.45, 7) is 0.941. The Labute approximate surface area is 96.1 Å². The maximum absolute atomic E-state index is 13.1. The number of hydrogen-bond donors (Lipinski definition) is 2. The van der Waals surface area contributed by atoms with Gasteiger partial charge < -0.3 is 10.8 Å². The van der Waals surface area contributed by atoms with Gasteiger partial charge in [-0.3, -0.25) is 0 Å². The van der Waals surface area contributed by atoms with Gasteiger partial charge in [0.15, 0.2) is 0 Å². The summed E-state index contributed by atoms with van der Waals surface area (Å²) in [6, 6.07) is 2.18. The van der Waals surface area contributed by atoms with Crippen molar-refractivity contribution < 1.29 is 22.7 Å². The first-order valence-corrected chi connectivity index (χ1v) is 4.92. The van der Waals surface area contributed by atoms with Gasteiger partial charge in [0.2, 0.25) is 0 Å². The second-order valence-electron chi connectivity index (χ2n) is 4.15. The Morgan fingerprint density at radius 1 is 1.18 bits per heavy atom. The number of aliphatic hydroxyl groups excluding tert-OH is 1. The van der Waals surface area contributed by atoms with Gasteiger partial charge in [-0.2, -0.15) is 13.2 Å². The van der Waals surface area contributed by atoms with Gasteiger partial charge >= 0.3 is 6.18 Å². The molecule has 0 fully saturated rings. The number of nitrogens with two attached hydrogens (primary N) is 1. The summed E-state index contributed by atoms with van der Waals surface area (Å²) in [4.78, 5) is 0. The van der Waals surface area contributed by atoms with Gasteiger partial charge in [0.05, 0.1) is 12.2 Å². The van der Waals surface area contributed by atoms with Crippen molar-refractivity contribution in [3.63, 3.8) is 0 Å². The third kappa shape index (κ3) is 2.95. The van der Waals surface area contributed by atoms with E-state index in [0.29, 0.717) is 6.07 Å². The first-order chi connectivity index (χ1) is 7.73.